The highest BCUT2D eigenvalue weighted by atomic mass is 16.6. The van der Waals surface area contributed by atoms with Crippen LogP contribution in [0.3, 0.4) is 0 Å². The molecule has 9 heteroatoms. The Morgan fingerprint density at radius 2 is 1.76 bits per heavy atom. The Morgan fingerprint density at radius 3 is 2.35 bits per heavy atom. The molecule has 0 saturated carbocycles. The van der Waals surface area contributed by atoms with Crippen LogP contribution in [0.5, 0.6) is 0 Å². The van der Waals surface area contributed by atoms with E-state index in [1.807, 2.05) is 0 Å². The quantitative estimate of drug-likeness (QED) is 0.338. The summed E-state index contributed by atoms with van der Waals surface area (Å²) in [5, 5.41) is 24.6. The molecule has 0 aromatic carbocycles. The van der Waals surface area contributed by atoms with E-state index in [1.54, 1.807) is 6.92 Å². The van der Waals surface area contributed by atoms with Crippen molar-refractivity contribution in [2.24, 2.45) is 17.3 Å². The Bertz CT molecular complexity index is 943. The molecule has 3 N–H and O–H groups in total. The molecule has 0 aliphatic carbocycles. The Hall–Kier alpha value is -2.16. The minimum Gasteiger partial charge on any atom is -0.548 e. The van der Waals surface area contributed by atoms with Crippen molar-refractivity contribution in [2.75, 3.05) is 0 Å². The number of rotatable bonds is 2. The predicted molar refractivity (Wildman–Crippen MR) is 121 cm³/mol. The van der Waals surface area contributed by atoms with Gasteiger partial charge in [-0.05, 0) is 74.1 Å². The molecule has 0 radical (unpaired) electrons. The minimum absolute atomic E-state index is 0.0397. The average Bonchev–Trinajstić information content (AvgIpc) is 3.08. The van der Waals surface area contributed by atoms with Crippen LogP contribution in [-0.2, 0) is 19.1 Å². The van der Waals surface area contributed by atoms with Crippen molar-refractivity contribution in [2.45, 2.75) is 115 Å². The lowest BCUT2D eigenvalue weighted by molar-refractivity contribution is -0.559. The number of piperidine rings is 1. The lowest BCUT2D eigenvalue weighted by atomic mass is 9.69. The lowest BCUT2D eigenvalue weighted by Crippen LogP contribution is -2.92. The minimum atomic E-state index is -1.38. The zero-order valence-electron chi connectivity index (χ0n) is 21.4. The normalized spacial score (nSPS) is 41.9. The van der Waals surface area contributed by atoms with Crippen molar-refractivity contribution >= 4 is 23.7 Å². The van der Waals surface area contributed by atoms with Gasteiger partial charge in [-0.1, -0.05) is 0 Å². The van der Waals surface area contributed by atoms with Crippen molar-refractivity contribution in [3.05, 3.63) is 0 Å². The number of aliphatic hydroxyl groups is 1. The van der Waals surface area contributed by atoms with E-state index in [0.29, 0.717) is 5.41 Å². The molecule has 4 saturated heterocycles. The van der Waals surface area contributed by atoms with E-state index in [1.165, 1.54) is 43.3 Å². The van der Waals surface area contributed by atoms with Crippen molar-refractivity contribution < 1.29 is 34.3 Å². The Balaban J connectivity index is 0.000000166. The van der Waals surface area contributed by atoms with Gasteiger partial charge in [0.05, 0.1) is 53.0 Å². The van der Waals surface area contributed by atoms with Gasteiger partial charge in [-0.3, -0.25) is 19.9 Å². The number of carboxylic acid groups (broad SMARTS) is 1. The Labute approximate surface area is 201 Å². The van der Waals surface area contributed by atoms with E-state index in [4.69, 9.17) is 4.74 Å². The number of hydrogen-bond acceptors (Lipinski definition) is 7. The highest BCUT2D eigenvalue weighted by molar-refractivity contribution is 5.94. The number of fused-ring (bicyclic) bond motifs is 4. The molecule has 1 amide bonds. The van der Waals surface area contributed by atoms with Gasteiger partial charge in [-0.15, -0.1) is 0 Å². The van der Waals surface area contributed by atoms with Gasteiger partial charge in [0.25, 0.3) is 0 Å². The fraction of sp³-hybridized carbons (Fsp3) is 0.840. The van der Waals surface area contributed by atoms with Gasteiger partial charge in [-0.25, -0.2) is 0 Å². The summed E-state index contributed by atoms with van der Waals surface area (Å²) in [4.78, 5) is 39.6. The molecule has 4 fully saturated rings. The maximum absolute atomic E-state index is 12.0. The van der Waals surface area contributed by atoms with Crippen LogP contribution in [0.4, 0.5) is 0 Å². The zero-order valence-corrected chi connectivity index (χ0v) is 21.4. The number of carboxylic acids is 1. The fourth-order valence-electron chi connectivity index (χ4n) is 6.56. The van der Waals surface area contributed by atoms with E-state index >= 15 is 0 Å². The smallest absolute Gasteiger partial charge is 0.306 e. The Morgan fingerprint density at radius 1 is 1.15 bits per heavy atom. The molecule has 5 rings (SSSR count). The van der Waals surface area contributed by atoms with Gasteiger partial charge in [0.2, 0.25) is 11.7 Å². The second-order valence-electron chi connectivity index (χ2n) is 12.6. The first-order valence-corrected chi connectivity index (χ1v) is 12.4. The third-order valence-electron chi connectivity index (χ3n) is 8.80. The molecule has 34 heavy (non-hydrogen) atoms. The van der Waals surface area contributed by atoms with Gasteiger partial charge < -0.3 is 24.6 Å². The molecule has 0 aromatic heterocycles. The van der Waals surface area contributed by atoms with Gasteiger partial charge in [0.1, 0.15) is 5.60 Å². The third kappa shape index (κ3) is 3.80. The number of esters is 1. The summed E-state index contributed by atoms with van der Waals surface area (Å²) in [6.45, 7) is 14.7. The number of amidine groups is 1. The lowest BCUT2D eigenvalue weighted by Gasteiger charge is -2.50. The first-order chi connectivity index (χ1) is 15.5. The van der Waals surface area contributed by atoms with Crippen LogP contribution in [0, 0.1) is 17.3 Å². The van der Waals surface area contributed by atoms with Gasteiger partial charge in [0.15, 0.2) is 0 Å². The van der Waals surface area contributed by atoms with Crippen molar-refractivity contribution in [3.8, 4) is 0 Å². The molecule has 5 aliphatic heterocycles. The maximum atomic E-state index is 12.0. The van der Waals surface area contributed by atoms with Crippen LogP contribution in [0.2, 0.25) is 0 Å². The van der Waals surface area contributed by atoms with E-state index < -0.39 is 53.5 Å². The highest BCUT2D eigenvalue weighted by Crippen LogP contribution is 2.55. The topological polar surface area (TPSA) is 133 Å². The first kappa shape index (κ1) is 24.9. The SMILES string of the molecule is CC1(C)CCC2(C)CCC(C)(C)[NH+]=C2N1.C[C@@H](O)[C@H]1C(=O)N2[C@@H]1[C@@]1(C)OC(=O)C[C@H]1[C@@H]2C(=O)[O-]. The van der Waals surface area contributed by atoms with Gasteiger partial charge in [-0.2, -0.15) is 0 Å². The number of nitrogens with zero attached hydrogens (tertiary/aromatic N) is 1. The zero-order chi connectivity index (χ0) is 25.4. The molecule has 5 aliphatic rings. The summed E-state index contributed by atoms with van der Waals surface area (Å²) in [5.74, 6) is -2.21. The van der Waals surface area contributed by atoms with Crippen LogP contribution in [0.1, 0.15) is 80.6 Å². The maximum Gasteiger partial charge on any atom is 0.306 e. The molecule has 5 heterocycles. The molecule has 9 nitrogen and oxygen atoms in total. The second kappa shape index (κ2) is 7.67. The summed E-state index contributed by atoms with van der Waals surface area (Å²) in [6, 6.07) is -1.73. The van der Waals surface area contributed by atoms with Crippen LogP contribution in [-0.4, -0.2) is 68.6 Å². The number of carbonyl (C=O) groups excluding carboxylic acids is 3. The Kier molecular flexibility index (Phi) is 5.63. The number of hydrogen-bond donors (Lipinski definition) is 3. The predicted octanol–water partition coefficient (Wildman–Crippen LogP) is -1.15. The van der Waals surface area contributed by atoms with E-state index in [2.05, 4.69) is 44.9 Å². The van der Waals surface area contributed by atoms with E-state index in [9.17, 15) is 24.6 Å². The molecule has 0 aromatic rings. The molecule has 7 atom stereocenters. The van der Waals surface area contributed by atoms with Crippen LogP contribution < -0.4 is 15.4 Å². The summed E-state index contributed by atoms with van der Waals surface area (Å²) in [5.41, 5.74) is -0.146. The van der Waals surface area contributed by atoms with Crippen LogP contribution in [0.25, 0.3) is 0 Å². The number of carbonyl (C=O) groups is 3. The van der Waals surface area contributed by atoms with E-state index in [0.717, 1.165) is 0 Å². The monoisotopic (exact) mass is 477 g/mol. The standard InChI is InChI=1S/C13H24N2.C12H15NO6/c1-11(2)6-8-13(5)9-7-12(3,4)15-10(13)14-11;1-4(14)7-9-12(2)5(3-6(15)19-12)8(11(17)18)13(9)10(7)16/h6-9H2,1-5H3,(H,14,15);4-5,7-9,14H,3H2,1-2H3,(H,17,18)/t;4-,5+,7-,8-,9+,12+/m.1/s1. The first-order valence-electron chi connectivity index (χ1n) is 12.4. The van der Waals surface area contributed by atoms with Crippen molar-refractivity contribution in [1.82, 2.24) is 10.2 Å². The fourth-order valence-corrected chi connectivity index (χ4v) is 6.56. The van der Waals surface area contributed by atoms with Crippen LogP contribution >= 0.6 is 0 Å². The van der Waals surface area contributed by atoms with E-state index in [-0.39, 0.29) is 17.5 Å². The van der Waals surface area contributed by atoms with Crippen LogP contribution in [0.15, 0.2) is 0 Å². The summed E-state index contributed by atoms with van der Waals surface area (Å²) in [7, 11) is 0. The highest BCUT2D eigenvalue weighted by Gasteiger charge is 2.73. The largest absolute Gasteiger partial charge is 0.548 e. The van der Waals surface area contributed by atoms with Gasteiger partial charge >= 0.3 is 5.97 Å². The summed E-state index contributed by atoms with van der Waals surface area (Å²) in [6.07, 6.45) is 4.22. The molecule has 0 bridgehead atoms. The molecular weight excluding hydrogens is 438 g/mol. The molecule has 0 spiro atoms. The average molecular weight is 478 g/mol. The summed E-state index contributed by atoms with van der Waals surface area (Å²) >= 11 is 0. The summed E-state index contributed by atoms with van der Waals surface area (Å²) < 4.78 is 5.28. The van der Waals surface area contributed by atoms with Crippen molar-refractivity contribution in [1.29, 1.82) is 0 Å². The molecule has 1 unspecified atom stereocenters. The molecular formula is C25H39N3O6. The second-order valence-corrected chi connectivity index (χ2v) is 12.6. The number of amides is 1. The number of aliphatic carboxylic acids is 1. The van der Waals surface area contributed by atoms with Gasteiger partial charge in [0, 0.05) is 5.92 Å². The number of ether oxygens (including phenoxy) is 1. The number of nitrogens with one attached hydrogen (secondary N) is 2. The third-order valence-corrected chi connectivity index (χ3v) is 8.80. The number of aliphatic hydroxyl groups excluding tert-OH is 1. The van der Waals surface area contributed by atoms with Crippen molar-refractivity contribution in [3.63, 3.8) is 0 Å². The molecule has 190 valence electrons. The number of β-lactam (4-membered cyclic amide) rings is 1.